The number of pyridine rings is 1. The SMILES string of the molecule is Cn1ccc(=O)cc1C(=O)N1CCC(c2ccc(NC(=O)CCCc3ccc(C(F)(F)F)cc3)cc2)CC1.O=CO. The van der Waals surface area contributed by atoms with Gasteiger partial charge in [-0.3, -0.25) is 19.2 Å². The predicted octanol–water partition coefficient (Wildman–Crippen LogP) is 5.09. The summed E-state index contributed by atoms with van der Waals surface area (Å²) in [7, 11) is 1.75. The summed E-state index contributed by atoms with van der Waals surface area (Å²) in [4.78, 5) is 47.0. The number of carbonyl (C=O) groups excluding carboxylic acids is 2. The first-order valence-corrected chi connectivity index (χ1v) is 13.1. The molecule has 0 radical (unpaired) electrons. The van der Waals surface area contributed by atoms with Crippen molar-refractivity contribution >= 4 is 24.0 Å². The minimum Gasteiger partial charge on any atom is -0.483 e. The molecule has 2 N–H and O–H groups in total. The zero-order valence-corrected chi connectivity index (χ0v) is 22.6. The number of benzene rings is 2. The van der Waals surface area contributed by atoms with Crippen molar-refractivity contribution in [3.8, 4) is 0 Å². The second-order valence-corrected chi connectivity index (χ2v) is 9.75. The summed E-state index contributed by atoms with van der Waals surface area (Å²) < 4.78 is 39.7. The van der Waals surface area contributed by atoms with Crippen LogP contribution >= 0.6 is 0 Å². The maximum atomic E-state index is 12.9. The first-order chi connectivity index (χ1) is 19.5. The molecule has 1 aromatic heterocycles. The zero-order chi connectivity index (χ0) is 30.0. The number of carbonyl (C=O) groups is 3. The van der Waals surface area contributed by atoms with E-state index in [1.807, 2.05) is 24.3 Å². The molecule has 8 nitrogen and oxygen atoms in total. The number of hydrogen-bond acceptors (Lipinski definition) is 4. The van der Waals surface area contributed by atoms with E-state index in [4.69, 9.17) is 9.90 Å². The van der Waals surface area contributed by atoms with Gasteiger partial charge in [-0.15, -0.1) is 0 Å². The van der Waals surface area contributed by atoms with Crippen LogP contribution in [0, 0.1) is 0 Å². The van der Waals surface area contributed by atoms with E-state index < -0.39 is 11.7 Å². The van der Waals surface area contributed by atoms with Crippen LogP contribution in [0.15, 0.2) is 71.7 Å². The Morgan fingerprint density at radius 2 is 1.63 bits per heavy atom. The number of alkyl halides is 3. The molecular weight excluding hydrogens is 539 g/mol. The molecule has 3 aromatic rings. The molecule has 2 heterocycles. The first kappa shape index (κ1) is 31.1. The van der Waals surface area contributed by atoms with Crippen molar-refractivity contribution in [1.29, 1.82) is 0 Å². The highest BCUT2D eigenvalue weighted by atomic mass is 19.4. The molecule has 2 amide bonds. The van der Waals surface area contributed by atoms with E-state index in [2.05, 4.69) is 5.32 Å². The highest BCUT2D eigenvalue weighted by Gasteiger charge is 2.30. The Kier molecular flexibility index (Phi) is 10.8. The van der Waals surface area contributed by atoms with Crippen molar-refractivity contribution in [3.63, 3.8) is 0 Å². The Balaban J connectivity index is 0.00000147. The van der Waals surface area contributed by atoms with E-state index in [0.717, 1.165) is 36.1 Å². The molecule has 2 aromatic carbocycles. The highest BCUT2D eigenvalue weighted by Crippen LogP contribution is 2.30. The predicted molar refractivity (Wildman–Crippen MR) is 148 cm³/mol. The molecule has 0 spiro atoms. The molecule has 0 unspecified atom stereocenters. The molecule has 1 aliphatic heterocycles. The molecule has 0 atom stereocenters. The fourth-order valence-corrected chi connectivity index (χ4v) is 4.72. The van der Waals surface area contributed by atoms with Crippen molar-refractivity contribution in [2.45, 2.75) is 44.2 Å². The fourth-order valence-electron chi connectivity index (χ4n) is 4.72. The fraction of sp³-hybridized carbons (Fsp3) is 0.333. The minimum atomic E-state index is -4.35. The van der Waals surface area contributed by atoms with Crippen LogP contribution in [0.3, 0.4) is 0 Å². The number of hydrogen-bond donors (Lipinski definition) is 2. The number of piperidine rings is 1. The Hall–Kier alpha value is -4.41. The number of halogens is 3. The lowest BCUT2D eigenvalue weighted by molar-refractivity contribution is -0.137. The number of likely N-dealkylation sites (tertiary alicyclic amines) is 1. The molecule has 4 rings (SSSR count). The lowest BCUT2D eigenvalue weighted by Gasteiger charge is -2.32. The first-order valence-electron chi connectivity index (χ1n) is 13.1. The standard InChI is InChI=1S/C29H30F3N3O3.CH2O2/c1-34-16-15-25(36)19-26(34)28(38)35-17-13-22(14-18-35)21-7-11-24(12-8-21)33-27(37)4-2-3-20-5-9-23(10-6-20)29(30,31)32;2-1-3/h5-12,15-16,19,22H,2-4,13-14,17-18H2,1H3,(H,33,37);1H,(H,2,3). The summed E-state index contributed by atoms with van der Waals surface area (Å²) in [5.41, 5.74) is 2.11. The molecule has 41 heavy (non-hydrogen) atoms. The molecular formula is C30H32F3N3O5. The molecule has 11 heteroatoms. The van der Waals surface area contributed by atoms with Gasteiger partial charge in [-0.2, -0.15) is 13.2 Å². The molecule has 218 valence electrons. The van der Waals surface area contributed by atoms with E-state index >= 15 is 0 Å². The van der Waals surface area contributed by atoms with Crippen LogP contribution in [-0.4, -0.2) is 45.9 Å². The van der Waals surface area contributed by atoms with Crippen molar-refractivity contribution in [1.82, 2.24) is 9.47 Å². The van der Waals surface area contributed by atoms with Crippen LogP contribution < -0.4 is 10.7 Å². The Bertz CT molecular complexity index is 1380. The van der Waals surface area contributed by atoms with Crippen LogP contribution in [0.2, 0.25) is 0 Å². The molecule has 0 bridgehead atoms. The summed E-state index contributed by atoms with van der Waals surface area (Å²) in [6.07, 6.45) is 0.180. The van der Waals surface area contributed by atoms with Crippen molar-refractivity contribution in [2.75, 3.05) is 18.4 Å². The van der Waals surface area contributed by atoms with Crippen molar-refractivity contribution in [2.24, 2.45) is 7.05 Å². The summed E-state index contributed by atoms with van der Waals surface area (Å²) >= 11 is 0. The number of nitrogens with zero attached hydrogens (tertiary/aromatic N) is 2. The number of aryl methyl sites for hydroxylation is 2. The lowest BCUT2D eigenvalue weighted by Crippen LogP contribution is -2.39. The van der Waals surface area contributed by atoms with Gasteiger partial charge in [0.1, 0.15) is 5.69 Å². The van der Waals surface area contributed by atoms with E-state index in [1.54, 1.807) is 22.7 Å². The van der Waals surface area contributed by atoms with Crippen LogP contribution in [0.25, 0.3) is 0 Å². The Morgan fingerprint density at radius 1 is 1.02 bits per heavy atom. The number of nitrogens with one attached hydrogen (secondary N) is 1. The minimum absolute atomic E-state index is 0.139. The monoisotopic (exact) mass is 571 g/mol. The normalized spacial score (nSPS) is 13.6. The number of carboxylic acid groups (broad SMARTS) is 1. The summed E-state index contributed by atoms with van der Waals surface area (Å²) in [5, 5.41) is 9.76. The third-order valence-corrected chi connectivity index (χ3v) is 6.94. The second kappa shape index (κ2) is 14.3. The summed E-state index contributed by atoms with van der Waals surface area (Å²) in [6.45, 7) is 0.952. The maximum absolute atomic E-state index is 12.9. The smallest absolute Gasteiger partial charge is 0.416 e. The van der Waals surface area contributed by atoms with Gasteiger partial charge in [0.25, 0.3) is 12.4 Å². The van der Waals surface area contributed by atoms with Gasteiger partial charge in [0.2, 0.25) is 5.91 Å². The van der Waals surface area contributed by atoms with Crippen LogP contribution in [-0.2, 0) is 29.2 Å². The van der Waals surface area contributed by atoms with Gasteiger partial charge in [0.05, 0.1) is 5.56 Å². The number of amides is 2. The Morgan fingerprint density at radius 3 is 2.22 bits per heavy atom. The van der Waals surface area contributed by atoms with Gasteiger partial charge in [-0.05, 0) is 67.0 Å². The Labute approximate surface area is 235 Å². The van der Waals surface area contributed by atoms with Gasteiger partial charge in [-0.1, -0.05) is 24.3 Å². The van der Waals surface area contributed by atoms with Crippen LogP contribution in [0.1, 0.15) is 58.8 Å². The van der Waals surface area contributed by atoms with E-state index in [0.29, 0.717) is 43.2 Å². The zero-order valence-electron chi connectivity index (χ0n) is 22.6. The van der Waals surface area contributed by atoms with Crippen LogP contribution in [0.5, 0.6) is 0 Å². The molecule has 0 aliphatic carbocycles. The van der Waals surface area contributed by atoms with Gasteiger partial charge < -0.3 is 19.9 Å². The van der Waals surface area contributed by atoms with Gasteiger partial charge in [0, 0.05) is 50.6 Å². The third-order valence-electron chi connectivity index (χ3n) is 6.94. The average Bonchev–Trinajstić information content (AvgIpc) is 2.95. The lowest BCUT2D eigenvalue weighted by atomic mass is 9.89. The quantitative estimate of drug-likeness (QED) is 0.384. The van der Waals surface area contributed by atoms with Gasteiger partial charge in [-0.25, -0.2) is 0 Å². The van der Waals surface area contributed by atoms with Crippen LogP contribution in [0.4, 0.5) is 18.9 Å². The topological polar surface area (TPSA) is 109 Å². The molecule has 1 saturated heterocycles. The molecule has 1 fully saturated rings. The van der Waals surface area contributed by atoms with Gasteiger partial charge in [0.15, 0.2) is 5.43 Å². The summed E-state index contributed by atoms with van der Waals surface area (Å²) in [6, 6.07) is 15.5. The second-order valence-electron chi connectivity index (χ2n) is 9.75. The van der Waals surface area contributed by atoms with E-state index in [-0.39, 0.29) is 30.1 Å². The number of aromatic nitrogens is 1. The van der Waals surface area contributed by atoms with E-state index in [1.165, 1.54) is 24.3 Å². The summed E-state index contributed by atoms with van der Waals surface area (Å²) in [5.74, 6) is 0.0129. The number of rotatable bonds is 7. The number of anilines is 1. The van der Waals surface area contributed by atoms with Crippen molar-refractivity contribution < 1.29 is 32.7 Å². The highest BCUT2D eigenvalue weighted by molar-refractivity contribution is 5.92. The maximum Gasteiger partial charge on any atom is 0.416 e. The van der Waals surface area contributed by atoms with Gasteiger partial charge >= 0.3 is 6.18 Å². The third kappa shape index (κ3) is 9.06. The van der Waals surface area contributed by atoms with E-state index in [9.17, 15) is 27.6 Å². The average molecular weight is 572 g/mol. The largest absolute Gasteiger partial charge is 0.483 e. The molecule has 1 aliphatic rings. The molecule has 0 saturated carbocycles. The van der Waals surface area contributed by atoms with Crippen molar-refractivity contribution in [3.05, 3.63) is 99.5 Å².